The molecule has 2 heteroatoms. The zero-order chi connectivity index (χ0) is 6.27. The molecule has 0 spiro atoms. The van der Waals surface area contributed by atoms with Gasteiger partial charge in [0.05, 0.1) is 0 Å². The van der Waals surface area contributed by atoms with E-state index in [1.165, 1.54) is 26.1 Å². The standard InChI is InChI=1S/C7H14N2/c1-6-2-3-9(6)7-4-8-5-7/h6-8H,2-5H2,1H3. The van der Waals surface area contributed by atoms with Gasteiger partial charge in [0.2, 0.25) is 0 Å². The molecular weight excluding hydrogens is 112 g/mol. The predicted molar refractivity (Wildman–Crippen MR) is 37.4 cm³/mol. The lowest BCUT2D eigenvalue weighted by molar-refractivity contribution is 0.0274. The fourth-order valence-electron chi connectivity index (χ4n) is 1.59. The minimum atomic E-state index is 0.872. The van der Waals surface area contributed by atoms with Crippen LogP contribution in [0.5, 0.6) is 0 Å². The number of nitrogens with zero attached hydrogens (tertiary/aromatic N) is 1. The van der Waals surface area contributed by atoms with E-state index >= 15 is 0 Å². The monoisotopic (exact) mass is 126 g/mol. The van der Waals surface area contributed by atoms with Crippen molar-refractivity contribution < 1.29 is 0 Å². The van der Waals surface area contributed by atoms with Crippen LogP contribution in [0.3, 0.4) is 0 Å². The Hall–Kier alpha value is -0.0800. The SMILES string of the molecule is CC1CCN1C1CNC1. The van der Waals surface area contributed by atoms with Crippen molar-refractivity contribution in [1.29, 1.82) is 0 Å². The van der Waals surface area contributed by atoms with E-state index in [1.54, 1.807) is 0 Å². The van der Waals surface area contributed by atoms with Crippen molar-refractivity contribution >= 4 is 0 Å². The Bertz CT molecular complexity index is 109. The van der Waals surface area contributed by atoms with Crippen LogP contribution in [0.25, 0.3) is 0 Å². The molecule has 0 bridgehead atoms. The van der Waals surface area contributed by atoms with Gasteiger partial charge < -0.3 is 5.32 Å². The molecule has 2 aliphatic rings. The Morgan fingerprint density at radius 2 is 2.22 bits per heavy atom. The Morgan fingerprint density at radius 1 is 1.44 bits per heavy atom. The van der Waals surface area contributed by atoms with E-state index < -0.39 is 0 Å². The lowest BCUT2D eigenvalue weighted by Crippen LogP contribution is -2.64. The normalized spacial score (nSPS) is 37.7. The van der Waals surface area contributed by atoms with Gasteiger partial charge in [0.1, 0.15) is 0 Å². The van der Waals surface area contributed by atoms with Gasteiger partial charge >= 0.3 is 0 Å². The van der Waals surface area contributed by atoms with E-state index in [9.17, 15) is 0 Å². The summed E-state index contributed by atoms with van der Waals surface area (Å²) < 4.78 is 0. The lowest BCUT2D eigenvalue weighted by Gasteiger charge is -2.48. The van der Waals surface area contributed by atoms with E-state index in [-0.39, 0.29) is 0 Å². The first-order valence-electron chi connectivity index (χ1n) is 3.84. The van der Waals surface area contributed by atoms with E-state index in [2.05, 4.69) is 17.1 Å². The summed E-state index contributed by atoms with van der Waals surface area (Å²) in [7, 11) is 0. The number of nitrogens with one attached hydrogen (secondary N) is 1. The highest BCUT2D eigenvalue weighted by Crippen LogP contribution is 2.21. The number of hydrogen-bond acceptors (Lipinski definition) is 2. The Labute approximate surface area is 56.2 Å². The third kappa shape index (κ3) is 0.775. The maximum atomic E-state index is 3.29. The highest BCUT2D eigenvalue weighted by atomic mass is 15.3. The molecule has 1 N–H and O–H groups in total. The molecule has 2 nitrogen and oxygen atoms in total. The van der Waals surface area contributed by atoms with E-state index in [0.29, 0.717) is 0 Å². The molecular formula is C7H14N2. The van der Waals surface area contributed by atoms with Gasteiger partial charge in [-0.15, -0.1) is 0 Å². The van der Waals surface area contributed by atoms with Crippen LogP contribution in [0.4, 0.5) is 0 Å². The quantitative estimate of drug-likeness (QED) is 0.534. The molecule has 1 unspecified atom stereocenters. The van der Waals surface area contributed by atoms with Crippen molar-refractivity contribution in [2.75, 3.05) is 19.6 Å². The summed E-state index contributed by atoms with van der Waals surface area (Å²) in [6.45, 7) is 6.12. The average molecular weight is 126 g/mol. The molecule has 2 heterocycles. The molecule has 0 aromatic heterocycles. The van der Waals surface area contributed by atoms with Crippen LogP contribution >= 0.6 is 0 Å². The largest absolute Gasteiger partial charge is 0.314 e. The van der Waals surface area contributed by atoms with Gasteiger partial charge in [-0.05, 0) is 13.3 Å². The van der Waals surface area contributed by atoms with Crippen molar-refractivity contribution in [3.63, 3.8) is 0 Å². The molecule has 1 atom stereocenters. The average Bonchev–Trinajstić information content (AvgIpc) is 1.74. The van der Waals surface area contributed by atoms with Crippen LogP contribution in [-0.2, 0) is 0 Å². The predicted octanol–water partition coefficient (Wildman–Crippen LogP) is 0.0524. The first-order valence-corrected chi connectivity index (χ1v) is 3.84. The van der Waals surface area contributed by atoms with Gasteiger partial charge in [0.15, 0.2) is 0 Å². The molecule has 0 amide bonds. The summed E-state index contributed by atoms with van der Waals surface area (Å²) in [5.74, 6) is 0. The summed E-state index contributed by atoms with van der Waals surface area (Å²) in [5, 5.41) is 3.29. The molecule has 0 aromatic rings. The summed E-state index contributed by atoms with van der Waals surface area (Å²) >= 11 is 0. The minimum Gasteiger partial charge on any atom is -0.314 e. The zero-order valence-electron chi connectivity index (χ0n) is 5.93. The molecule has 0 aromatic carbocycles. The minimum absolute atomic E-state index is 0.872. The second kappa shape index (κ2) is 1.96. The van der Waals surface area contributed by atoms with Crippen molar-refractivity contribution in [1.82, 2.24) is 10.2 Å². The van der Waals surface area contributed by atoms with E-state index in [4.69, 9.17) is 0 Å². The van der Waals surface area contributed by atoms with Gasteiger partial charge in [-0.3, -0.25) is 4.90 Å². The van der Waals surface area contributed by atoms with Crippen LogP contribution in [0.15, 0.2) is 0 Å². The molecule has 2 saturated heterocycles. The molecule has 2 aliphatic heterocycles. The summed E-state index contributed by atoms with van der Waals surface area (Å²) in [6.07, 6.45) is 1.41. The number of likely N-dealkylation sites (tertiary alicyclic amines) is 1. The van der Waals surface area contributed by atoms with Gasteiger partial charge in [0, 0.05) is 31.7 Å². The van der Waals surface area contributed by atoms with Crippen molar-refractivity contribution in [3.8, 4) is 0 Å². The van der Waals surface area contributed by atoms with Gasteiger partial charge in [-0.1, -0.05) is 0 Å². The maximum absolute atomic E-state index is 3.29. The molecule has 0 radical (unpaired) electrons. The summed E-state index contributed by atoms with van der Waals surface area (Å²) in [5.41, 5.74) is 0. The molecule has 2 rings (SSSR count). The third-order valence-corrected chi connectivity index (χ3v) is 2.60. The topological polar surface area (TPSA) is 15.3 Å². The van der Waals surface area contributed by atoms with Crippen LogP contribution < -0.4 is 5.32 Å². The fourth-order valence-corrected chi connectivity index (χ4v) is 1.59. The lowest BCUT2D eigenvalue weighted by atomic mass is 9.99. The van der Waals surface area contributed by atoms with Crippen molar-refractivity contribution in [3.05, 3.63) is 0 Å². The van der Waals surface area contributed by atoms with Crippen LogP contribution in [0.2, 0.25) is 0 Å². The van der Waals surface area contributed by atoms with Crippen molar-refractivity contribution in [2.45, 2.75) is 25.4 Å². The third-order valence-electron chi connectivity index (χ3n) is 2.60. The van der Waals surface area contributed by atoms with Crippen LogP contribution in [0, 0.1) is 0 Å². The Balaban J connectivity index is 1.83. The zero-order valence-corrected chi connectivity index (χ0v) is 5.93. The molecule has 0 saturated carbocycles. The molecule has 9 heavy (non-hydrogen) atoms. The highest BCUT2D eigenvalue weighted by Gasteiger charge is 2.33. The van der Waals surface area contributed by atoms with Gasteiger partial charge in [0.25, 0.3) is 0 Å². The van der Waals surface area contributed by atoms with Crippen LogP contribution in [0.1, 0.15) is 13.3 Å². The number of rotatable bonds is 1. The smallest absolute Gasteiger partial charge is 0.0348 e. The summed E-state index contributed by atoms with van der Waals surface area (Å²) in [6, 6.07) is 1.76. The molecule has 0 aliphatic carbocycles. The first-order chi connectivity index (χ1) is 4.38. The van der Waals surface area contributed by atoms with Gasteiger partial charge in [-0.25, -0.2) is 0 Å². The summed E-state index contributed by atoms with van der Waals surface area (Å²) in [4.78, 5) is 2.59. The molecule has 52 valence electrons. The molecule has 2 fully saturated rings. The Morgan fingerprint density at radius 3 is 2.33 bits per heavy atom. The number of hydrogen-bond donors (Lipinski definition) is 1. The Kier molecular flexibility index (Phi) is 1.24. The first kappa shape index (κ1) is 5.69. The van der Waals surface area contributed by atoms with E-state index in [1.807, 2.05) is 0 Å². The second-order valence-electron chi connectivity index (χ2n) is 3.19. The highest BCUT2D eigenvalue weighted by molar-refractivity contribution is 4.92. The fraction of sp³-hybridized carbons (Fsp3) is 1.00. The van der Waals surface area contributed by atoms with Crippen molar-refractivity contribution in [2.24, 2.45) is 0 Å². The second-order valence-corrected chi connectivity index (χ2v) is 3.19. The maximum Gasteiger partial charge on any atom is 0.0348 e. The van der Waals surface area contributed by atoms with E-state index in [0.717, 1.165) is 12.1 Å². The van der Waals surface area contributed by atoms with Gasteiger partial charge in [-0.2, -0.15) is 0 Å². The van der Waals surface area contributed by atoms with Crippen LogP contribution in [-0.4, -0.2) is 36.6 Å².